The van der Waals surface area contributed by atoms with Crippen LogP contribution in [-0.4, -0.2) is 16.0 Å². The van der Waals surface area contributed by atoms with Gasteiger partial charge in [-0.15, -0.1) is 0 Å². The molecule has 2 heterocycles. The third-order valence-electron chi connectivity index (χ3n) is 4.09. The summed E-state index contributed by atoms with van der Waals surface area (Å²) >= 11 is 0. The zero-order valence-corrected chi connectivity index (χ0v) is 11.6. The van der Waals surface area contributed by atoms with E-state index in [1.165, 1.54) is 0 Å². The molecule has 0 radical (unpaired) electrons. The Hall–Kier alpha value is -1.55. The van der Waals surface area contributed by atoms with Crippen molar-refractivity contribution < 1.29 is 4.42 Å². The number of nitrogens with zero attached hydrogens (tertiary/aromatic N) is 1. The number of aromatic nitrogens is 2. The number of imidazole rings is 1. The average molecular weight is 259 g/mol. The monoisotopic (exact) mass is 259 g/mol. The lowest BCUT2D eigenvalue weighted by Crippen LogP contribution is -2.26. The quantitative estimate of drug-likeness (QED) is 0.869. The number of aryl methyl sites for hydroxylation is 2. The molecule has 0 spiro atoms. The van der Waals surface area contributed by atoms with E-state index in [1.54, 1.807) is 0 Å². The lowest BCUT2D eigenvalue weighted by atomic mass is 9.86. The van der Waals surface area contributed by atoms with E-state index >= 15 is 0 Å². The maximum atomic E-state index is 5.95. The van der Waals surface area contributed by atoms with E-state index in [0.717, 1.165) is 54.3 Å². The molecule has 0 saturated heterocycles. The highest BCUT2D eigenvalue weighted by Crippen LogP contribution is 2.32. The van der Waals surface area contributed by atoms with E-state index < -0.39 is 0 Å². The molecule has 4 heteroatoms. The summed E-state index contributed by atoms with van der Waals surface area (Å²) in [6.45, 7) is 3.96. The molecule has 3 N–H and O–H groups in total. The van der Waals surface area contributed by atoms with E-state index in [4.69, 9.17) is 10.2 Å². The zero-order chi connectivity index (χ0) is 13.4. The highest BCUT2D eigenvalue weighted by atomic mass is 16.3. The number of hydrogen-bond donors (Lipinski definition) is 2. The first-order chi connectivity index (χ1) is 9.13. The highest BCUT2D eigenvalue weighted by molar-refractivity contribution is 5.61. The second-order valence-electron chi connectivity index (χ2n) is 5.62. The van der Waals surface area contributed by atoms with Gasteiger partial charge in [-0.05, 0) is 45.6 Å². The van der Waals surface area contributed by atoms with Gasteiger partial charge in [0.05, 0.1) is 11.9 Å². The average Bonchev–Trinajstić information content (AvgIpc) is 2.97. The summed E-state index contributed by atoms with van der Waals surface area (Å²) < 4.78 is 5.57. The Labute approximate surface area is 113 Å². The van der Waals surface area contributed by atoms with Gasteiger partial charge in [0, 0.05) is 17.5 Å². The van der Waals surface area contributed by atoms with Crippen molar-refractivity contribution in [3.8, 4) is 11.3 Å². The lowest BCUT2D eigenvalue weighted by Gasteiger charge is -2.24. The Balaban J connectivity index is 1.81. The Morgan fingerprint density at radius 2 is 2.00 bits per heavy atom. The Bertz CT molecular complexity index is 562. The fraction of sp³-hybridized carbons (Fsp3) is 0.533. The predicted molar refractivity (Wildman–Crippen MR) is 74.9 cm³/mol. The number of furan rings is 1. The van der Waals surface area contributed by atoms with Crippen LogP contribution in [0.2, 0.25) is 0 Å². The summed E-state index contributed by atoms with van der Waals surface area (Å²) in [5.41, 5.74) is 8.12. The number of aromatic amines is 1. The Morgan fingerprint density at radius 1 is 1.26 bits per heavy atom. The van der Waals surface area contributed by atoms with Crippen molar-refractivity contribution in [1.29, 1.82) is 0 Å². The number of nitrogens with two attached hydrogens (primary N) is 1. The third kappa shape index (κ3) is 2.45. The Kier molecular flexibility index (Phi) is 3.19. The van der Waals surface area contributed by atoms with E-state index in [2.05, 4.69) is 16.0 Å². The van der Waals surface area contributed by atoms with Crippen molar-refractivity contribution in [2.75, 3.05) is 0 Å². The highest BCUT2D eigenvalue weighted by Gasteiger charge is 2.22. The van der Waals surface area contributed by atoms with Crippen LogP contribution < -0.4 is 5.73 Å². The smallest absolute Gasteiger partial charge is 0.110 e. The second kappa shape index (κ2) is 4.85. The van der Waals surface area contributed by atoms with Gasteiger partial charge in [-0.2, -0.15) is 0 Å². The first-order valence-corrected chi connectivity index (χ1v) is 7.01. The van der Waals surface area contributed by atoms with Gasteiger partial charge < -0.3 is 15.1 Å². The standard InChI is InChI=1S/C15H21N3O/c1-9-7-13(10(2)19-9)14-8-17-15(18-14)11-3-5-12(16)6-4-11/h7-8,11-12H,3-6,16H2,1-2H3,(H,17,18). The van der Waals surface area contributed by atoms with Gasteiger partial charge in [0.1, 0.15) is 17.3 Å². The molecule has 0 unspecified atom stereocenters. The van der Waals surface area contributed by atoms with Crippen LogP contribution in [0, 0.1) is 13.8 Å². The van der Waals surface area contributed by atoms with Crippen LogP contribution in [0.3, 0.4) is 0 Å². The molecule has 0 atom stereocenters. The minimum absolute atomic E-state index is 0.379. The van der Waals surface area contributed by atoms with E-state index in [-0.39, 0.29) is 0 Å². The number of nitrogens with one attached hydrogen (secondary N) is 1. The molecule has 1 aliphatic rings. The fourth-order valence-electron chi connectivity index (χ4n) is 2.97. The number of H-pyrrole nitrogens is 1. The molecule has 2 aromatic rings. The van der Waals surface area contributed by atoms with Crippen LogP contribution >= 0.6 is 0 Å². The van der Waals surface area contributed by atoms with Gasteiger partial charge in [0.15, 0.2) is 0 Å². The van der Waals surface area contributed by atoms with E-state index in [9.17, 15) is 0 Å². The summed E-state index contributed by atoms with van der Waals surface area (Å²) in [7, 11) is 0. The van der Waals surface area contributed by atoms with E-state index in [1.807, 2.05) is 20.0 Å². The van der Waals surface area contributed by atoms with Crippen molar-refractivity contribution in [3.63, 3.8) is 0 Å². The van der Waals surface area contributed by atoms with Crippen molar-refractivity contribution in [2.45, 2.75) is 51.5 Å². The molecule has 4 nitrogen and oxygen atoms in total. The van der Waals surface area contributed by atoms with Gasteiger partial charge >= 0.3 is 0 Å². The maximum Gasteiger partial charge on any atom is 0.110 e. The van der Waals surface area contributed by atoms with Crippen LogP contribution in [-0.2, 0) is 0 Å². The van der Waals surface area contributed by atoms with Crippen LogP contribution in [0.25, 0.3) is 11.3 Å². The first-order valence-electron chi connectivity index (χ1n) is 7.01. The molecule has 1 aliphatic carbocycles. The largest absolute Gasteiger partial charge is 0.466 e. The summed E-state index contributed by atoms with van der Waals surface area (Å²) in [6.07, 6.45) is 6.39. The minimum atomic E-state index is 0.379. The lowest BCUT2D eigenvalue weighted by molar-refractivity contribution is 0.386. The van der Waals surface area contributed by atoms with Crippen LogP contribution in [0.15, 0.2) is 16.7 Å². The van der Waals surface area contributed by atoms with Crippen molar-refractivity contribution in [2.24, 2.45) is 5.73 Å². The van der Waals surface area contributed by atoms with Gasteiger partial charge in [0.2, 0.25) is 0 Å². The SMILES string of the molecule is Cc1cc(-c2cnc(C3CCC(N)CC3)[nH]2)c(C)o1. The summed E-state index contributed by atoms with van der Waals surface area (Å²) in [6, 6.07) is 2.44. The van der Waals surface area contributed by atoms with Crippen molar-refractivity contribution in [3.05, 3.63) is 29.6 Å². The molecule has 102 valence electrons. The van der Waals surface area contributed by atoms with Crippen LogP contribution in [0.1, 0.15) is 48.9 Å². The number of rotatable bonds is 2. The molecule has 2 aromatic heterocycles. The third-order valence-corrected chi connectivity index (χ3v) is 4.09. The van der Waals surface area contributed by atoms with Gasteiger partial charge in [-0.3, -0.25) is 0 Å². The fourth-order valence-corrected chi connectivity index (χ4v) is 2.97. The molecule has 0 aliphatic heterocycles. The molecule has 0 amide bonds. The first kappa shape index (κ1) is 12.5. The van der Waals surface area contributed by atoms with Gasteiger partial charge in [0.25, 0.3) is 0 Å². The summed E-state index contributed by atoms with van der Waals surface area (Å²) in [5, 5.41) is 0. The summed E-state index contributed by atoms with van der Waals surface area (Å²) in [5.74, 6) is 3.51. The summed E-state index contributed by atoms with van der Waals surface area (Å²) in [4.78, 5) is 8.01. The Morgan fingerprint density at radius 3 is 2.63 bits per heavy atom. The topological polar surface area (TPSA) is 67.8 Å². The molecule has 0 bridgehead atoms. The number of hydrogen-bond acceptors (Lipinski definition) is 3. The molecule has 1 saturated carbocycles. The van der Waals surface area contributed by atoms with Gasteiger partial charge in [-0.1, -0.05) is 0 Å². The normalized spacial score (nSPS) is 23.7. The molecule has 0 aromatic carbocycles. The predicted octanol–water partition coefficient (Wildman–Crippen LogP) is 3.27. The molecule has 3 rings (SSSR count). The molecule has 19 heavy (non-hydrogen) atoms. The van der Waals surface area contributed by atoms with E-state index in [0.29, 0.717) is 12.0 Å². The van der Waals surface area contributed by atoms with Crippen molar-refractivity contribution in [1.82, 2.24) is 9.97 Å². The van der Waals surface area contributed by atoms with Gasteiger partial charge in [-0.25, -0.2) is 4.98 Å². The zero-order valence-electron chi connectivity index (χ0n) is 11.6. The molecule has 1 fully saturated rings. The van der Waals surface area contributed by atoms with Crippen LogP contribution in [0.4, 0.5) is 0 Å². The molecular weight excluding hydrogens is 238 g/mol. The van der Waals surface area contributed by atoms with Crippen LogP contribution in [0.5, 0.6) is 0 Å². The second-order valence-corrected chi connectivity index (χ2v) is 5.62. The maximum absolute atomic E-state index is 5.95. The minimum Gasteiger partial charge on any atom is -0.466 e. The molecular formula is C15H21N3O. The van der Waals surface area contributed by atoms with Crippen molar-refractivity contribution >= 4 is 0 Å².